The van der Waals surface area contributed by atoms with E-state index in [1.165, 1.54) is 26.4 Å². The molecule has 1 saturated heterocycles. The first-order valence-electron chi connectivity index (χ1n) is 8.11. The minimum absolute atomic E-state index is 0. The van der Waals surface area contributed by atoms with Crippen molar-refractivity contribution >= 4 is 24.0 Å². The number of carbonyl (C=O) groups is 1. The van der Waals surface area contributed by atoms with E-state index in [2.05, 4.69) is 15.7 Å². The first-order valence-corrected chi connectivity index (χ1v) is 8.11. The number of ether oxygens (including phenoxy) is 2. The number of halogens is 2. The topological polar surface area (TPSA) is 77.4 Å². The molecular formula is C17H22ClFN4O3. The summed E-state index contributed by atoms with van der Waals surface area (Å²) < 4.78 is 26.1. The van der Waals surface area contributed by atoms with E-state index in [0.29, 0.717) is 5.75 Å². The number of hydrogen-bond acceptors (Lipinski definition) is 5. The molecule has 2 aromatic rings. The van der Waals surface area contributed by atoms with Crippen molar-refractivity contribution in [2.24, 2.45) is 0 Å². The zero-order chi connectivity index (χ0) is 17.8. The summed E-state index contributed by atoms with van der Waals surface area (Å²) in [6, 6.07) is 4.41. The largest absolute Gasteiger partial charge is 0.493 e. The molecule has 1 aromatic heterocycles. The molecule has 0 radical (unpaired) electrons. The number of methoxy groups -OCH3 is 2. The van der Waals surface area contributed by atoms with Gasteiger partial charge in [0.1, 0.15) is 0 Å². The van der Waals surface area contributed by atoms with Crippen LogP contribution in [0.1, 0.15) is 29.4 Å². The van der Waals surface area contributed by atoms with Crippen molar-refractivity contribution in [3.8, 4) is 11.5 Å². The lowest BCUT2D eigenvalue weighted by molar-refractivity contribution is 0.102. The van der Waals surface area contributed by atoms with Gasteiger partial charge in [0.2, 0.25) is 0 Å². The molecule has 0 aliphatic carbocycles. The van der Waals surface area contributed by atoms with Gasteiger partial charge < -0.3 is 20.1 Å². The third-order valence-corrected chi connectivity index (χ3v) is 4.21. The van der Waals surface area contributed by atoms with Gasteiger partial charge in [-0.1, -0.05) is 0 Å². The van der Waals surface area contributed by atoms with E-state index in [9.17, 15) is 9.18 Å². The van der Waals surface area contributed by atoms with E-state index in [4.69, 9.17) is 9.47 Å². The van der Waals surface area contributed by atoms with E-state index >= 15 is 0 Å². The van der Waals surface area contributed by atoms with Gasteiger partial charge in [0, 0.05) is 24.9 Å². The van der Waals surface area contributed by atoms with Gasteiger partial charge in [-0.2, -0.15) is 5.10 Å². The van der Waals surface area contributed by atoms with Crippen LogP contribution in [0.2, 0.25) is 0 Å². The minimum atomic E-state index is -0.609. The number of aromatic nitrogens is 2. The molecule has 1 fully saturated rings. The standard InChI is InChI=1S/C17H21FN4O3.ClH/c1-24-15-8-12(18)14(9-16(15)25-2)20-17(23)13-5-7-22(21-13)11-4-3-6-19-10-11;/h5,7-9,11,19H,3-4,6,10H2,1-2H3,(H,20,23);1H. The molecule has 26 heavy (non-hydrogen) atoms. The number of benzene rings is 1. The van der Waals surface area contributed by atoms with E-state index in [1.807, 2.05) is 0 Å². The molecule has 1 amide bonds. The molecule has 1 atom stereocenters. The highest BCUT2D eigenvalue weighted by Crippen LogP contribution is 2.32. The van der Waals surface area contributed by atoms with E-state index < -0.39 is 11.7 Å². The van der Waals surface area contributed by atoms with Crippen LogP contribution < -0.4 is 20.1 Å². The number of piperidine rings is 1. The highest BCUT2D eigenvalue weighted by Gasteiger charge is 2.19. The second-order valence-electron chi connectivity index (χ2n) is 5.82. The summed E-state index contributed by atoms with van der Waals surface area (Å²) in [6.45, 7) is 1.83. The van der Waals surface area contributed by atoms with Crippen molar-refractivity contribution < 1.29 is 18.7 Å². The predicted molar refractivity (Wildman–Crippen MR) is 98.1 cm³/mol. The van der Waals surface area contributed by atoms with Crippen LogP contribution in [-0.4, -0.2) is 43.0 Å². The lowest BCUT2D eigenvalue weighted by atomic mass is 10.1. The third kappa shape index (κ3) is 4.25. The van der Waals surface area contributed by atoms with E-state index in [1.54, 1.807) is 16.9 Å². The Morgan fingerprint density at radius 2 is 2.08 bits per heavy atom. The Morgan fingerprint density at radius 1 is 1.35 bits per heavy atom. The number of hydrogen-bond donors (Lipinski definition) is 2. The second-order valence-corrected chi connectivity index (χ2v) is 5.82. The van der Waals surface area contributed by atoms with Crippen LogP contribution in [0.4, 0.5) is 10.1 Å². The van der Waals surface area contributed by atoms with Gasteiger partial charge in [-0.3, -0.25) is 9.48 Å². The van der Waals surface area contributed by atoms with Crippen molar-refractivity contribution in [1.82, 2.24) is 15.1 Å². The van der Waals surface area contributed by atoms with Crippen LogP contribution in [0.15, 0.2) is 24.4 Å². The van der Waals surface area contributed by atoms with Gasteiger partial charge in [-0.25, -0.2) is 4.39 Å². The molecule has 1 aromatic carbocycles. The Labute approximate surface area is 157 Å². The fourth-order valence-electron chi connectivity index (χ4n) is 2.86. The second kappa shape index (κ2) is 8.86. The van der Waals surface area contributed by atoms with Gasteiger partial charge in [-0.15, -0.1) is 12.4 Å². The fourth-order valence-corrected chi connectivity index (χ4v) is 2.86. The number of anilines is 1. The average molecular weight is 385 g/mol. The fraction of sp³-hybridized carbons (Fsp3) is 0.412. The van der Waals surface area contributed by atoms with Crippen molar-refractivity contribution in [2.45, 2.75) is 18.9 Å². The summed E-state index contributed by atoms with van der Waals surface area (Å²) in [6.07, 6.45) is 3.86. The van der Waals surface area contributed by atoms with Gasteiger partial charge >= 0.3 is 0 Å². The summed E-state index contributed by atoms with van der Waals surface area (Å²) >= 11 is 0. The van der Waals surface area contributed by atoms with Crippen molar-refractivity contribution in [2.75, 3.05) is 32.6 Å². The van der Waals surface area contributed by atoms with E-state index in [0.717, 1.165) is 25.9 Å². The maximum Gasteiger partial charge on any atom is 0.276 e. The van der Waals surface area contributed by atoms with Gasteiger partial charge in [0.05, 0.1) is 25.9 Å². The monoisotopic (exact) mass is 384 g/mol. The lowest BCUT2D eigenvalue weighted by Crippen LogP contribution is -2.32. The molecular weight excluding hydrogens is 363 g/mol. The highest BCUT2D eigenvalue weighted by molar-refractivity contribution is 6.03. The zero-order valence-corrected chi connectivity index (χ0v) is 15.4. The minimum Gasteiger partial charge on any atom is -0.493 e. The van der Waals surface area contributed by atoms with Gasteiger partial charge in [0.15, 0.2) is 23.0 Å². The molecule has 3 rings (SSSR count). The summed E-state index contributed by atoms with van der Waals surface area (Å²) in [5, 5.41) is 10.2. The Kier molecular flexibility index (Phi) is 6.82. The smallest absolute Gasteiger partial charge is 0.276 e. The molecule has 0 saturated carbocycles. The molecule has 142 valence electrons. The van der Waals surface area contributed by atoms with Crippen molar-refractivity contribution in [3.05, 3.63) is 35.9 Å². The zero-order valence-electron chi connectivity index (χ0n) is 14.6. The lowest BCUT2D eigenvalue weighted by Gasteiger charge is -2.22. The molecule has 0 spiro atoms. The van der Waals surface area contributed by atoms with Gasteiger partial charge in [0.25, 0.3) is 5.91 Å². The molecule has 1 unspecified atom stereocenters. The van der Waals surface area contributed by atoms with Crippen LogP contribution >= 0.6 is 12.4 Å². The summed E-state index contributed by atoms with van der Waals surface area (Å²) in [5.41, 5.74) is 0.247. The predicted octanol–water partition coefficient (Wildman–Crippen LogP) is 2.64. The Hall–Kier alpha value is -2.32. The maximum absolute atomic E-state index is 14.1. The number of nitrogens with zero attached hydrogens (tertiary/aromatic N) is 2. The number of nitrogens with one attached hydrogen (secondary N) is 2. The van der Waals surface area contributed by atoms with Crippen molar-refractivity contribution in [3.63, 3.8) is 0 Å². The summed E-state index contributed by atoms with van der Waals surface area (Å²) in [5.74, 6) is -0.499. The number of rotatable bonds is 5. The Balaban J connectivity index is 0.00000243. The first-order chi connectivity index (χ1) is 12.1. The highest BCUT2D eigenvalue weighted by atomic mass is 35.5. The van der Waals surface area contributed by atoms with Gasteiger partial charge in [-0.05, 0) is 25.5 Å². The average Bonchev–Trinajstić information content (AvgIpc) is 3.14. The van der Waals surface area contributed by atoms with Crippen molar-refractivity contribution in [1.29, 1.82) is 0 Å². The third-order valence-electron chi connectivity index (χ3n) is 4.21. The first kappa shape index (κ1) is 20.0. The Bertz CT molecular complexity index is 762. The Morgan fingerprint density at radius 3 is 2.73 bits per heavy atom. The van der Waals surface area contributed by atoms with E-state index in [-0.39, 0.29) is 35.6 Å². The summed E-state index contributed by atoms with van der Waals surface area (Å²) in [7, 11) is 2.86. The molecule has 7 nitrogen and oxygen atoms in total. The van der Waals surface area contributed by atoms with Crippen LogP contribution in [-0.2, 0) is 0 Å². The normalized spacial score (nSPS) is 16.5. The quantitative estimate of drug-likeness (QED) is 0.828. The maximum atomic E-state index is 14.1. The number of carbonyl (C=O) groups excluding carboxylic acids is 1. The van der Waals surface area contributed by atoms with Crippen LogP contribution in [0.25, 0.3) is 0 Å². The number of amides is 1. The molecule has 1 aliphatic rings. The van der Waals surface area contributed by atoms with Crippen LogP contribution in [0, 0.1) is 5.82 Å². The molecule has 9 heteroatoms. The molecule has 2 heterocycles. The molecule has 1 aliphatic heterocycles. The molecule has 2 N–H and O–H groups in total. The summed E-state index contributed by atoms with van der Waals surface area (Å²) in [4.78, 5) is 12.4. The van der Waals surface area contributed by atoms with Crippen LogP contribution in [0.5, 0.6) is 11.5 Å². The van der Waals surface area contributed by atoms with Crippen LogP contribution in [0.3, 0.4) is 0 Å². The molecule has 0 bridgehead atoms. The SMILES string of the molecule is COc1cc(F)c(NC(=O)c2ccn(C3CCCNC3)n2)cc1OC.Cl.